The molecule has 1 aliphatic rings. The first-order valence-corrected chi connectivity index (χ1v) is 5.90. The standard InChI is InChI=1S/C11H20N2O3.ClH/c1-2-16-10(14)6-8-13-11(15)9-5-3-4-7-12-9;/h9,12H,2-8H2,1H3,(H,13,15);1H. The zero-order valence-electron chi connectivity index (χ0n) is 10.2. The van der Waals surface area contributed by atoms with Crippen molar-refractivity contribution in [1.82, 2.24) is 10.6 Å². The van der Waals surface area contributed by atoms with Gasteiger partial charge >= 0.3 is 5.97 Å². The Morgan fingerprint density at radius 2 is 2.18 bits per heavy atom. The van der Waals surface area contributed by atoms with E-state index in [9.17, 15) is 9.59 Å². The van der Waals surface area contributed by atoms with Crippen LogP contribution in [0.4, 0.5) is 0 Å². The number of nitrogens with one attached hydrogen (secondary N) is 2. The molecule has 1 rings (SSSR count). The van der Waals surface area contributed by atoms with Crippen molar-refractivity contribution in [3.63, 3.8) is 0 Å². The summed E-state index contributed by atoms with van der Waals surface area (Å²) in [7, 11) is 0. The second-order valence-electron chi connectivity index (χ2n) is 3.85. The van der Waals surface area contributed by atoms with Gasteiger partial charge < -0.3 is 15.4 Å². The lowest BCUT2D eigenvalue weighted by Gasteiger charge is -2.22. The van der Waals surface area contributed by atoms with Crippen LogP contribution in [-0.2, 0) is 14.3 Å². The number of ether oxygens (including phenoxy) is 1. The molecule has 0 radical (unpaired) electrons. The van der Waals surface area contributed by atoms with Crippen LogP contribution >= 0.6 is 12.4 Å². The Morgan fingerprint density at radius 3 is 2.76 bits per heavy atom. The highest BCUT2D eigenvalue weighted by Gasteiger charge is 2.19. The van der Waals surface area contributed by atoms with Crippen molar-refractivity contribution in [3.8, 4) is 0 Å². The number of piperidine rings is 1. The third-order valence-electron chi connectivity index (χ3n) is 2.56. The third-order valence-corrected chi connectivity index (χ3v) is 2.56. The maximum Gasteiger partial charge on any atom is 0.307 e. The molecule has 2 N–H and O–H groups in total. The van der Waals surface area contributed by atoms with E-state index >= 15 is 0 Å². The SMILES string of the molecule is CCOC(=O)CCNC(=O)C1CCCCN1.Cl. The van der Waals surface area contributed by atoms with Gasteiger partial charge in [0.1, 0.15) is 0 Å². The van der Waals surface area contributed by atoms with Crippen LogP contribution < -0.4 is 10.6 Å². The fraction of sp³-hybridized carbons (Fsp3) is 0.818. The Hall–Kier alpha value is -0.810. The monoisotopic (exact) mass is 264 g/mol. The van der Waals surface area contributed by atoms with Gasteiger partial charge in [-0.3, -0.25) is 9.59 Å². The van der Waals surface area contributed by atoms with E-state index in [4.69, 9.17) is 4.74 Å². The van der Waals surface area contributed by atoms with Crippen LogP contribution in [0.1, 0.15) is 32.6 Å². The molecule has 0 aromatic heterocycles. The van der Waals surface area contributed by atoms with E-state index in [1.165, 1.54) is 0 Å². The second kappa shape index (κ2) is 9.24. The fourth-order valence-corrected chi connectivity index (χ4v) is 1.72. The highest BCUT2D eigenvalue weighted by Crippen LogP contribution is 2.06. The summed E-state index contributed by atoms with van der Waals surface area (Å²) in [5, 5.41) is 5.89. The Kier molecular flexibility index (Phi) is 8.80. The molecule has 100 valence electrons. The number of carbonyl (C=O) groups excluding carboxylic acids is 2. The van der Waals surface area contributed by atoms with E-state index in [1.54, 1.807) is 6.92 Å². The fourth-order valence-electron chi connectivity index (χ4n) is 1.72. The van der Waals surface area contributed by atoms with Gasteiger partial charge in [0.25, 0.3) is 0 Å². The summed E-state index contributed by atoms with van der Waals surface area (Å²) in [4.78, 5) is 22.6. The normalized spacial score (nSPS) is 19.0. The topological polar surface area (TPSA) is 67.4 Å². The summed E-state index contributed by atoms with van der Waals surface area (Å²) in [6.07, 6.45) is 3.34. The Balaban J connectivity index is 0.00000256. The number of carbonyl (C=O) groups is 2. The van der Waals surface area contributed by atoms with E-state index in [0.29, 0.717) is 13.2 Å². The first-order valence-electron chi connectivity index (χ1n) is 5.90. The summed E-state index contributed by atoms with van der Waals surface area (Å²) in [6, 6.07) is -0.0871. The molecule has 1 saturated heterocycles. The average molecular weight is 265 g/mol. The number of rotatable bonds is 5. The smallest absolute Gasteiger partial charge is 0.307 e. The van der Waals surface area contributed by atoms with Crippen LogP contribution in [0, 0.1) is 0 Å². The first kappa shape index (κ1) is 16.2. The Labute approximate surface area is 108 Å². The van der Waals surface area contributed by atoms with Gasteiger partial charge in [0.15, 0.2) is 0 Å². The van der Waals surface area contributed by atoms with Gasteiger partial charge in [0.05, 0.1) is 19.1 Å². The lowest BCUT2D eigenvalue weighted by atomic mass is 10.0. The first-order chi connectivity index (χ1) is 7.74. The van der Waals surface area contributed by atoms with Crippen molar-refractivity contribution in [3.05, 3.63) is 0 Å². The molecule has 0 aliphatic carbocycles. The molecule has 0 spiro atoms. The van der Waals surface area contributed by atoms with Gasteiger partial charge in [0, 0.05) is 6.54 Å². The molecule has 0 aromatic rings. The molecule has 0 saturated carbocycles. The van der Waals surface area contributed by atoms with E-state index in [0.717, 1.165) is 25.8 Å². The summed E-state index contributed by atoms with van der Waals surface area (Å²) < 4.78 is 4.76. The number of halogens is 1. The molecular weight excluding hydrogens is 244 g/mol. The number of hydrogen-bond donors (Lipinski definition) is 2. The molecule has 1 heterocycles. The van der Waals surface area contributed by atoms with Crippen molar-refractivity contribution < 1.29 is 14.3 Å². The van der Waals surface area contributed by atoms with Gasteiger partial charge in [-0.15, -0.1) is 12.4 Å². The Morgan fingerprint density at radius 1 is 1.41 bits per heavy atom. The molecule has 0 bridgehead atoms. The van der Waals surface area contributed by atoms with Crippen molar-refractivity contribution in [2.75, 3.05) is 19.7 Å². The molecule has 17 heavy (non-hydrogen) atoms. The molecule has 6 heteroatoms. The van der Waals surface area contributed by atoms with Crippen LogP contribution in [0.5, 0.6) is 0 Å². The number of esters is 1. The lowest BCUT2D eigenvalue weighted by Crippen LogP contribution is -2.47. The minimum Gasteiger partial charge on any atom is -0.466 e. The van der Waals surface area contributed by atoms with Gasteiger partial charge in [-0.2, -0.15) is 0 Å². The predicted octanol–water partition coefficient (Wildman–Crippen LogP) is 0.620. The van der Waals surface area contributed by atoms with Crippen molar-refractivity contribution in [2.24, 2.45) is 0 Å². The second-order valence-corrected chi connectivity index (χ2v) is 3.85. The molecule has 1 aliphatic heterocycles. The molecule has 1 amide bonds. The Bertz CT molecular complexity index is 243. The van der Waals surface area contributed by atoms with Crippen LogP contribution in [0.3, 0.4) is 0 Å². The van der Waals surface area contributed by atoms with Crippen LogP contribution in [0.25, 0.3) is 0 Å². The zero-order chi connectivity index (χ0) is 11.8. The number of amides is 1. The zero-order valence-corrected chi connectivity index (χ0v) is 11.0. The molecule has 1 atom stereocenters. The number of hydrogen-bond acceptors (Lipinski definition) is 4. The minimum absolute atomic E-state index is 0. The van der Waals surface area contributed by atoms with Crippen molar-refractivity contribution in [2.45, 2.75) is 38.6 Å². The van der Waals surface area contributed by atoms with E-state index in [1.807, 2.05) is 0 Å². The molecule has 1 unspecified atom stereocenters. The maximum atomic E-state index is 11.6. The molecular formula is C11H21ClN2O3. The highest BCUT2D eigenvalue weighted by atomic mass is 35.5. The molecule has 0 aromatic carbocycles. The van der Waals surface area contributed by atoms with E-state index < -0.39 is 0 Å². The largest absolute Gasteiger partial charge is 0.466 e. The average Bonchev–Trinajstić information content (AvgIpc) is 2.30. The summed E-state index contributed by atoms with van der Waals surface area (Å²) in [6.45, 7) is 3.41. The third kappa shape index (κ3) is 6.48. The van der Waals surface area contributed by atoms with Crippen molar-refractivity contribution >= 4 is 24.3 Å². The predicted molar refractivity (Wildman–Crippen MR) is 67.1 cm³/mol. The highest BCUT2D eigenvalue weighted by molar-refractivity contribution is 5.85. The van der Waals surface area contributed by atoms with Gasteiger partial charge in [0.2, 0.25) is 5.91 Å². The van der Waals surface area contributed by atoms with Gasteiger partial charge in [-0.25, -0.2) is 0 Å². The summed E-state index contributed by atoms with van der Waals surface area (Å²) in [5.41, 5.74) is 0. The van der Waals surface area contributed by atoms with Crippen LogP contribution in [0.2, 0.25) is 0 Å². The lowest BCUT2D eigenvalue weighted by molar-refractivity contribution is -0.143. The van der Waals surface area contributed by atoms with Crippen LogP contribution in [0.15, 0.2) is 0 Å². The molecule has 5 nitrogen and oxygen atoms in total. The molecule has 1 fully saturated rings. The maximum absolute atomic E-state index is 11.6. The summed E-state index contributed by atoms with van der Waals surface area (Å²) in [5.74, 6) is -0.275. The van der Waals surface area contributed by atoms with E-state index in [2.05, 4.69) is 10.6 Å². The minimum atomic E-state index is -0.264. The van der Waals surface area contributed by atoms with Gasteiger partial charge in [-0.1, -0.05) is 6.42 Å². The summed E-state index contributed by atoms with van der Waals surface area (Å²) >= 11 is 0. The van der Waals surface area contributed by atoms with Gasteiger partial charge in [-0.05, 0) is 26.3 Å². The van der Waals surface area contributed by atoms with Crippen molar-refractivity contribution in [1.29, 1.82) is 0 Å². The van der Waals surface area contributed by atoms with Crippen LogP contribution in [-0.4, -0.2) is 37.6 Å². The quantitative estimate of drug-likeness (QED) is 0.715. The van der Waals surface area contributed by atoms with E-state index in [-0.39, 0.29) is 36.7 Å².